The van der Waals surface area contributed by atoms with Crippen molar-refractivity contribution < 1.29 is 9.84 Å². The smallest absolute Gasteiger partial charge is 0.162 e. The fraction of sp³-hybridized carbons (Fsp3) is 0.379. The van der Waals surface area contributed by atoms with Gasteiger partial charge in [0, 0.05) is 66.9 Å². The van der Waals surface area contributed by atoms with Gasteiger partial charge in [0.2, 0.25) is 0 Å². The fourth-order valence-corrected chi connectivity index (χ4v) is 6.83. The Hall–Kier alpha value is -3.44. The third-order valence-electron chi connectivity index (χ3n) is 7.84. The molecule has 1 aromatic carbocycles. The molecule has 0 amide bonds. The third kappa shape index (κ3) is 5.00. The van der Waals surface area contributed by atoms with E-state index < -0.39 is 5.60 Å². The van der Waals surface area contributed by atoms with Gasteiger partial charge >= 0.3 is 0 Å². The van der Waals surface area contributed by atoms with Crippen LogP contribution in [0.15, 0.2) is 54.9 Å². The number of morpholine rings is 1. The van der Waals surface area contributed by atoms with Crippen LogP contribution in [0.4, 0.5) is 5.82 Å². The molecule has 6 heterocycles. The number of hydrogen-bond acceptors (Lipinski definition) is 9. The lowest BCUT2D eigenvalue weighted by atomic mass is 9.87. The lowest BCUT2D eigenvalue weighted by Gasteiger charge is -2.38. The molecule has 2 saturated heterocycles. The molecule has 2 fully saturated rings. The second kappa shape index (κ2) is 10.3. The average molecular weight is 542 g/mol. The number of benzene rings is 1. The monoisotopic (exact) mass is 541 g/mol. The zero-order chi connectivity index (χ0) is 26.2. The Morgan fingerprint density at radius 1 is 1.03 bits per heavy atom. The van der Waals surface area contributed by atoms with Crippen molar-refractivity contribution in [1.29, 1.82) is 0 Å². The van der Waals surface area contributed by atoms with Crippen molar-refractivity contribution >= 4 is 38.3 Å². The number of aliphatic hydroxyl groups is 1. The molecular weight excluding hydrogens is 510 g/mol. The van der Waals surface area contributed by atoms with E-state index in [0.29, 0.717) is 19.6 Å². The van der Waals surface area contributed by atoms with Gasteiger partial charge in [0.05, 0.1) is 40.7 Å². The highest BCUT2D eigenvalue weighted by Crippen LogP contribution is 2.37. The number of aromatic nitrogens is 5. The number of anilines is 1. The first-order valence-corrected chi connectivity index (χ1v) is 14.4. The predicted octanol–water partition coefficient (Wildman–Crippen LogP) is 4.04. The van der Waals surface area contributed by atoms with Crippen molar-refractivity contribution in [1.82, 2.24) is 30.0 Å². The molecule has 0 bridgehead atoms. The Morgan fingerprint density at radius 2 is 1.90 bits per heavy atom. The largest absolute Gasteiger partial charge is 0.389 e. The molecule has 7 rings (SSSR count). The maximum atomic E-state index is 11.2. The van der Waals surface area contributed by atoms with Crippen molar-refractivity contribution in [3.8, 4) is 11.4 Å². The predicted molar refractivity (Wildman–Crippen MR) is 153 cm³/mol. The molecule has 0 aliphatic carbocycles. The normalized spacial score (nSPS) is 18.2. The van der Waals surface area contributed by atoms with Gasteiger partial charge in [-0.25, -0.2) is 9.97 Å². The zero-order valence-electron chi connectivity index (χ0n) is 21.7. The fourth-order valence-electron chi connectivity index (χ4n) is 5.68. The van der Waals surface area contributed by atoms with E-state index in [2.05, 4.69) is 37.1 Å². The van der Waals surface area contributed by atoms with E-state index in [-0.39, 0.29) is 0 Å². The summed E-state index contributed by atoms with van der Waals surface area (Å²) in [7, 11) is 0. The van der Waals surface area contributed by atoms with Gasteiger partial charge in [-0.05, 0) is 37.1 Å². The van der Waals surface area contributed by atoms with Gasteiger partial charge in [-0.2, -0.15) is 5.10 Å². The van der Waals surface area contributed by atoms with E-state index in [9.17, 15) is 5.11 Å². The summed E-state index contributed by atoms with van der Waals surface area (Å²) in [4.78, 5) is 20.6. The van der Waals surface area contributed by atoms with Crippen LogP contribution in [0, 0.1) is 0 Å². The van der Waals surface area contributed by atoms with Crippen LogP contribution >= 0.6 is 11.3 Å². The highest BCUT2D eigenvalue weighted by Gasteiger charge is 2.33. The first kappa shape index (κ1) is 24.6. The van der Waals surface area contributed by atoms with Crippen molar-refractivity contribution in [3.05, 3.63) is 65.4 Å². The number of aromatic amines is 1. The zero-order valence-corrected chi connectivity index (χ0v) is 22.5. The Bertz CT molecular complexity index is 1590. The number of fused-ring (bicyclic) bond motifs is 2. The Balaban J connectivity index is 1.16. The van der Waals surface area contributed by atoms with E-state index >= 15 is 0 Å². The van der Waals surface area contributed by atoms with Gasteiger partial charge in [-0.15, -0.1) is 11.3 Å². The topological polar surface area (TPSA) is 103 Å². The van der Waals surface area contributed by atoms with E-state index in [1.54, 1.807) is 17.5 Å². The molecule has 2 aliphatic heterocycles. The summed E-state index contributed by atoms with van der Waals surface area (Å²) in [5.74, 6) is 1.70. The van der Waals surface area contributed by atoms with Gasteiger partial charge in [0.1, 0.15) is 0 Å². The molecule has 0 saturated carbocycles. The SMILES string of the molecule is OC1(Cc2ccccn2)CCN(Cc2cc3nc(-c4cccc5[nH]ncc45)nc(N4CCOCC4)c3s2)CC1. The molecule has 2 N–H and O–H groups in total. The molecule has 5 aromatic rings. The van der Waals surface area contributed by atoms with Crippen LogP contribution in [0.5, 0.6) is 0 Å². The molecule has 39 heavy (non-hydrogen) atoms. The number of nitrogens with zero attached hydrogens (tertiary/aromatic N) is 6. The molecule has 2 aliphatic rings. The summed E-state index contributed by atoms with van der Waals surface area (Å²) < 4.78 is 6.75. The Labute approximate surface area is 230 Å². The van der Waals surface area contributed by atoms with Crippen molar-refractivity contribution in [2.24, 2.45) is 0 Å². The standard InChI is InChI=1S/C29H31N7O2S/c37-29(17-20-4-1-2-9-30-20)7-10-35(11-8-29)19-21-16-25-26(39-21)28(36-12-14-38-15-13-36)33-27(32-25)22-5-3-6-24-23(22)18-31-34-24/h1-6,9,16,18,37H,7-8,10-15,17,19H2,(H,31,34). The number of likely N-dealkylation sites (tertiary alicyclic amines) is 1. The molecular formula is C29H31N7O2S. The lowest BCUT2D eigenvalue weighted by Crippen LogP contribution is -2.45. The first-order valence-electron chi connectivity index (χ1n) is 13.5. The van der Waals surface area contributed by atoms with Gasteiger partial charge in [0.25, 0.3) is 0 Å². The number of ether oxygens (including phenoxy) is 1. The highest BCUT2D eigenvalue weighted by molar-refractivity contribution is 7.19. The summed E-state index contributed by atoms with van der Waals surface area (Å²) >= 11 is 1.78. The lowest BCUT2D eigenvalue weighted by molar-refractivity contribution is -0.0229. The maximum Gasteiger partial charge on any atom is 0.162 e. The molecule has 200 valence electrons. The van der Waals surface area contributed by atoms with Crippen molar-refractivity contribution in [2.45, 2.75) is 31.4 Å². The van der Waals surface area contributed by atoms with E-state index in [4.69, 9.17) is 14.7 Å². The van der Waals surface area contributed by atoms with Crippen LogP contribution < -0.4 is 4.90 Å². The quantitative estimate of drug-likeness (QED) is 0.332. The minimum absolute atomic E-state index is 0.606. The summed E-state index contributed by atoms with van der Waals surface area (Å²) in [6.07, 6.45) is 5.73. The summed E-state index contributed by atoms with van der Waals surface area (Å²) in [6.45, 7) is 5.58. The van der Waals surface area contributed by atoms with Gasteiger partial charge in [-0.3, -0.25) is 15.0 Å². The molecule has 0 radical (unpaired) electrons. The number of rotatable bonds is 6. The molecule has 0 atom stereocenters. The summed E-state index contributed by atoms with van der Waals surface area (Å²) in [5.41, 5.74) is 3.19. The molecule has 0 unspecified atom stereocenters. The van der Waals surface area contributed by atoms with Crippen LogP contribution in [0.1, 0.15) is 23.4 Å². The molecule has 0 spiro atoms. The number of thiophene rings is 1. The molecule has 10 heteroatoms. The molecule has 4 aromatic heterocycles. The number of nitrogens with one attached hydrogen (secondary N) is 1. The Kier molecular flexibility index (Phi) is 6.48. The number of pyridine rings is 1. The minimum atomic E-state index is -0.691. The first-order chi connectivity index (χ1) is 19.1. The van der Waals surface area contributed by atoms with Crippen LogP contribution in [-0.2, 0) is 17.7 Å². The van der Waals surface area contributed by atoms with E-state index in [1.165, 1.54) is 4.88 Å². The van der Waals surface area contributed by atoms with Crippen molar-refractivity contribution in [2.75, 3.05) is 44.3 Å². The third-order valence-corrected chi connectivity index (χ3v) is 8.95. The van der Waals surface area contributed by atoms with Crippen LogP contribution in [0.3, 0.4) is 0 Å². The second-order valence-electron chi connectivity index (χ2n) is 10.5. The van der Waals surface area contributed by atoms with Gasteiger partial charge in [-0.1, -0.05) is 18.2 Å². The average Bonchev–Trinajstić information content (AvgIpc) is 3.61. The van der Waals surface area contributed by atoms with Gasteiger partial charge in [0.15, 0.2) is 11.6 Å². The summed E-state index contributed by atoms with van der Waals surface area (Å²) in [6, 6.07) is 14.2. The highest BCUT2D eigenvalue weighted by atomic mass is 32.1. The van der Waals surface area contributed by atoms with Crippen molar-refractivity contribution in [3.63, 3.8) is 0 Å². The van der Waals surface area contributed by atoms with E-state index in [0.717, 1.165) is 89.6 Å². The summed E-state index contributed by atoms with van der Waals surface area (Å²) in [5, 5.41) is 19.5. The minimum Gasteiger partial charge on any atom is -0.389 e. The Morgan fingerprint density at radius 3 is 2.72 bits per heavy atom. The van der Waals surface area contributed by atoms with Crippen LogP contribution in [0.25, 0.3) is 32.5 Å². The van der Waals surface area contributed by atoms with Crippen LogP contribution in [-0.4, -0.2) is 80.1 Å². The maximum absolute atomic E-state index is 11.2. The number of H-pyrrole nitrogens is 1. The number of piperidine rings is 1. The van der Waals surface area contributed by atoms with E-state index in [1.807, 2.05) is 36.5 Å². The van der Waals surface area contributed by atoms with Gasteiger partial charge < -0.3 is 14.7 Å². The second-order valence-corrected chi connectivity index (χ2v) is 11.7. The number of hydrogen-bond donors (Lipinski definition) is 2. The van der Waals surface area contributed by atoms with Crippen LogP contribution in [0.2, 0.25) is 0 Å². The molecule has 9 nitrogen and oxygen atoms in total.